The lowest BCUT2D eigenvalue weighted by molar-refractivity contribution is 0.0995. The second-order valence-corrected chi connectivity index (χ2v) is 3.56. The van der Waals surface area contributed by atoms with Gasteiger partial charge in [-0.2, -0.15) is 0 Å². The number of carbonyl (C=O) groups excluding carboxylic acids is 1. The first-order valence-corrected chi connectivity index (χ1v) is 4.98. The highest BCUT2D eigenvalue weighted by atomic mass is 19.1. The van der Waals surface area contributed by atoms with Crippen LogP contribution in [0.25, 0.3) is 11.4 Å². The lowest BCUT2D eigenvalue weighted by atomic mass is 10.2. The molecule has 0 saturated heterocycles. The van der Waals surface area contributed by atoms with Crippen molar-refractivity contribution in [1.82, 2.24) is 9.97 Å². The Hall–Kier alpha value is -2.30. The molecule has 0 fully saturated rings. The van der Waals surface area contributed by atoms with E-state index in [9.17, 15) is 9.18 Å². The van der Waals surface area contributed by atoms with E-state index in [0.717, 1.165) is 0 Å². The van der Waals surface area contributed by atoms with E-state index in [1.165, 1.54) is 12.1 Å². The molecule has 1 aromatic heterocycles. The molecule has 5 heteroatoms. The first-order valence-electron chi connectivity index (χ1n) is 4.98. The number of primary amides is 1. The van der Waals surface area contributed by atoms with Gasteiger partial charge in [-0.3, -0.25) is 4.79 Å². The molecule has 1 aromatic carbocycles. The Bertz CT molecular complexity index is 584. The normalized spacial score (nSPS) is 10.2. The molecular weight excluding hydrogens is 221 g/mol. The van der Waals surface area contributed by atoms with Gasteiger partial charge in [0.25, 0.3) is 5.91 Å². The second kappa shape index (κ2) is 4.29. The average Bonchev–Trinajstić information content (AvgIpc) is 2.28. The molecule has 0 unspecified atom stereocenters. The standard InChI is InChI=1S/C12H10FN3O/c1-7-6-10(11(14)17)16-12(15-7)8-4-2-3-5-9(8)13/h2-6H,1H3,(H2,14,17). The fourth-order valence-corrected chi connectivity index (χ4v) is 1.46. The minimum Gasteiger partial charge on any atom is -0.364 e. The lowest BCUT2D eigenvalue weighted by Crippen LogP contribution is -2.14. The van der Waals surface area contributed by atoms with Crippen LogP contribution in [-0.4, -0.2) is 15.9 Å². The van der Waals surface area contributed by atoms with E-state index in [0.29, 0.717) is 5.69 Å². The molecule has 0 aliphatic carbocycles. The van der Waals surface area contributed by atoms with Crippen LogP contribution >= 0.6 is 0 Å². The molecule has 0 aliphatic heterocycles. The molecule has 0 saturated carbocycles. The lowest BCUT2D eigenvalue weighted by Gasteiger charge is -2.04. The number of halogens is 1. The van der Waals surface area contributed by atoms with E-state index in [-0.39, 0.29) is 17.1 Å². The van der Waals surface area contributed by atoms with Crippen LogP contribution in [0, 0.1) is 12.7 Å². The second-order valence-electron chi connectivity index (χ2n) is 3.56. The maximum absolute atomic E-state index is 13.5. The zero-order valence-electron chi connectivity index (χ0n) is 9.14. The number of rotatable bonds is 2. The molecular formula is C12H10FN3O. The van der Waals surface area contributed by atoms with Crippen LogP contribution in [0.1, 0.15) is 16.2 Å². The van der Waals surface area contributed by atoms with Crippen LogP contribution in [-0.2, 0) is 0 Å². The van der Waals surface area contributed by atoms with Gasteiger partial charge < -0.3 is 5.73 Å². The number of hydrogen-bond donors (Lipinski definition) is 1. The van der Waals surface area contributed by atoms with Gasteiger partial charge in [-0.05, 0) is 25.1 Å². The smallest absolute Gasteiger partial charge is 0.267 e. The number of aryl methyl sites for hydroxylation is 1. The number of nitrogens with two attached hydrogens (primary N) is 1. The van der Waals surface area contributed by atoms with E-state index in [1.807, 2.05) is 0 Å². The quantitative estimate of drug-likeness (QED) is 0.855. The molecule has 17 heavy (non-hydrogen) atoms. The highest BCUT2D eigenvalue weighted by molar-refractivity contribution is 5.91. The Morgan fingerprint density at radius 3 is 2.65 bits per heavy atom. The van der Waals surface area contributed by atoms with Gasteiger partial charge in [-0.25, -0.2) is 14.4 Å². The molecule has 2 N–H and O–H groups in total. The predicted octanol–water partition coefficient (Wildman–Crippen LogP) is 1.69. The number of nitrogens with zero attached hydrogens (tertiary/aromatic N) is 2. The summed E-state index contributed by atoms with van der Waals surface area (Å²) in [6, 6.07) is 7.57. The summed E-state index contributed by atoms with van der Waals surface area (Å²) in [5.74, 6) is -0.932. The fraction of sp³-hybridized carbons (Fsp3) is 0.0833. The van der Waals surface area contributed by atoms with Crippen LogP contribution in [0.2, 0.25) is 0 Å². The van der Waals surface area contributed by atoms with Crippen molar-refractivity contribution < 1.29 is 9.18 Å². The summed E-state index contributed by atoms with van der Waals surface area (Å²) in [6.45, 7) is 1.69. The molecule has 4 nitrogen and oxygen atoms in total. The topological polar surface area (TPSA) is 68.9 Å². The highest BCUT2D eigenvalue weighted by Gasteiger charge is 2.11. The maximum Gasteiger partial charge on any atom is 0.267 e. The maximum atomic E-state index is 13.5. The first kappa shape index (κ1) is 11.2. The van der Waals surface area contributed by atoms with Gasteiger partial charge in [-0.1, -0.05) is 12.1 Å². The molecule has 2 aromatic rings. The van der Waals surface area contributed by atoms with Gasteiger partial charge in [0.05, 0.1) is 5.56 Å². The van der Waals surface area contributed by atoms with E-state index in [2.05, 4.69) is 9.97 Å². The number of amides is 1. The number of hydrogen-bond acceptors (Lipinski definition) is 3. The van der Waals surface area contributed by atoms with E-state index >= 15 is 0 Å². The van der Waals surface area contributed by atoms with Crippen LogP contribution in [0.5, 0.6) is 0 Å². The van der Waals surface area contributed by atoms with E-state index < -0.39 is 11.7 Å². The molecule has 0 atom stereocenters. The third-order valence-electron chi connectivity index (χ3n) is 2.22. The largest absolute Gasteiger partial charge is 0.364 e. The predicted molar refractivity (Wildman–Crippen MR) is 60.7 cm³/mol. The Morgan fingerprint density at radius 2 is 2.00 bits per heavy atom. The molecule has 1 heterocycles. The zero-order valence-corrected chi connectivity index (χ0v) is 9.14. The average molecular weight is 231 g/mol. The Balaban J connectivity index is 2.60. The molecule has 0 spiro atoms. The van der Waals surface area contributed by atoms with E-state index in [1.54, 1.807) is 25.1 Å². The summed E-state index contributed by atoms with van der Waals surface area (Å²) < 4.78 is 13.5. The van der Waals surface area contributed by atoms with Crippen molar-refractivity contribution in [3.8, 4) is 11.4 Å². The van der Waals surface area contributed by atoms with Crippen molar-refractivity contribution in [3.05, 3.63) is 47.5 Å². The number of aromatic nitrogens is 2. The summed E-state index contributed by atoms with van der Waals surface area (Å²) in [6.07, 6.45) is 0. The van der Waals surface area contributed by atoms with Gasteiger partial charge in [-0.15, -0.1) is 0 Å². The van der Waals surface area contributed by atoms with Crippen molar-refractivity contribution in [3.63, 3.8) is 0 Å². The molecule has 0 radical (unpaired) electrons. The van der Waals surface area contributed by atoms with Crippen molar-refractivity contribution >= 4 is 5.91 Å². The first-order chi connectivity index (χ1) is 8.08. The molecule has 0 aliphatic rings. The molecule has 86 valence electrons. The van der Waals surface area contributed by atoms with Gasteiger partial charge >= 0.3 is 0 Å². The Morgan fingerprint density at radius 1 is 1.29 bits per heavy atom. The van der Waals surface area contributed by atoms with E-state index in [4.69, 9.17) is 5.73 Å². The number of carbonyl (C=O) groups is 1. The Kier molecular flexibility index (Phi) is 2.82. The zero-order chi connectivity index (χ0) is 12.4. The summed E-state index contributed by atoms with van der Waals surface area (Å²) >= 11 is 0. The third-order valence-corrected chi connectivity index (χ3v) is 2.22. The summed E-state index contributed by atoms with van der Waals surface area (Å²) in [4.78, 5) is 19.1. The highest BCUT2D eigenvalue weighted by Crippen LogP contribution is 2.19. The summed E-state index contributed by atoms with van der Waals surface area (Å²) in [7, 11) is 0. The molecule has 0 bridgehead atoms. The third kappa shape index (κ3) is 2.28. The minimum atomic E-state index is -0.659. The van der Waals surface area contributed by atoms with Crippen molar-refractivity contribution in [2.45, 2.75) is 6.92 Å². The summed E-state index contributed by atoms with van der Waals surface area (Å²) in [5.41, 5.74) is 6.03. The minimum absolute atomic E-state index is 0.0794. The van der Waals surface area contributed by atoms with Gasteiger partial charge in [0, 0.05) is 5.69 Å². The van der Waals surface area contributed by atoms with Crippen LogP contribution in [0.15, 0.2) is 30.3 Å². The number of benzene rings is 1. The van der Waals surface area contributed by atoms with Crippen LogP contribution < -0.4 is 5.73 Å². The van der Waals surface area contributed by atoms with Crippen LogP contribution in [0.4, 0.5) is 4.39 Å². The monoisotopic (exact) mass is 231 g/mol. The van der Waals surface area contributed by atoms with Gasteiger partial charge in [0.2, 0.25) is 0 Å². The van der Waals surface area contributed by atoms with Crippen molar-refractivity contribution in [2.24, 2.45) is 5.73 Å². The van der Waals surface area contributed by atoms with Crippen molar-refractivity contribution in [2.75, 3.05) is 0 Å². The van der Waals surface area contributed by atoms with Crippen molar-refractivity contribution in [1.29, 1.82) is 0 Å². The fourth-order valence-electron chi connectivity index (χ4n) is 1.46. The SMILES string of the molecule is Cc1cc(C(N)=O)nc(-c2ccccc2F)n1. The Labute approximate surface area is 97.3 Å². The van der Waals surface area contributed by atoms with Gasteiger partial charge in [0.1, 0.15) is 11.5 Å². The summed E-state index contributed by atoms with van der Waals surface area (Å²) in [5, 5.41) is 0. The van der Waals surface area contributed by atoms with Gasteiger partial charge in [0.15, 0.2) is 5.82 Å². The van der Waals surface area contributed by atoms with Crippen LogP contribution in [0.3, 0.4) is 0 Å². The molecule has 2 rings (SSSR count). The molecule has 1 amide bonds.